The van der Waals surface area contributed by atoms with E-state index in [0.29, 0.717) is 23.1 Å². The molecule has 4 aliphatic carbocycles. The van der Waals surface area contributed by atoms with E-state index < -0.39 is 70.4 Å². The van der Waals surface area contributed by atoms with Gasteiger partial charge in [-0.05, 0) is 62.3 Å². The average Bonchev–Trinajstić information content (AvgIpc) is 3.56. The quantitative estimate of drug-likeness (QED) is 0.0735. The van der Waals surface area contributed by atoms with Gasteiger partial charge in [-0.3, -0.25) is 9.59 Å². The van der Waals surface area contributed by atoms with Crippen LogP contribution in [0.5, 0.6) is 0 Å². The minimum atomic E-state index is -1.97. The van der Waals surface area contributed by atoms with Crippen molar-refractivity contribution in [2.45, 2.75) is 154 Å². The van der Waals surface area contributed by atoms with E-state index in [2.05, 4.69) is 19.1 Å². The van der Waals surface area contributed by atoms with Crippen molar-refractivity contribution in [2.75, 3.05) is 6.61 Å². The van der Waals surface area contributed by atoms with E-state index in [0.717, 1.165) is 38.5 Å². The molecule has 8 atom stereocenters. The molecule has 0 saturated heterocycles. The number of carbonyl (C=O) groups is 3. The first-order valence-electron chi connectivity index (χ1n) is 20.4. The molecule has 0 aliphatic heterocycles. The van der Waals surface area contributed by atoms with Crippen molar-refractivity contribution >= 4 is 17.7 Å². The SMILES string of the molecule is CCCCCCCC/C=C\CCCCCCCC(=O)O[C@@]12[C@H](OC(=O)c3ccccc3)[C@@H](C)[C@@]3(O)[C@@H](C=C(CO)C[C@]4(O)C(=O)C(C)=C[C@@H]34)[C@@H]1C2(C)C. The van der Waals surface area contributed by atoms with Crippen LogP contribution in [0.4, 0.5) is 0 Å². The smallest absolute Gasteiger partial charge is 0.338 e. The molecule has 0 amide bonds. The van der Waals surface area contributed by atoms with Gasteiger partial charge in [0.2, 0.25) is 0 Å². The number of fused-ring (bicyclic) bond motifs is 5. The summed E-state index contributed by atoms with van der Waals surface area (Å²) in [5.41, 5.74) is -4.65. The standard InChI is InChI=1S/C45H64O8/c1-6-7-8-9-10-11-12-13-14-15-16-17-18-19-23-26-37(47)53-45-38(42(45,4)5)35-28-33(30-46)29-43(50)36(27-31(2)39(43)48)44(35,51)32(3)40(45)52-41(49)34-24-21-20-22-25-34/h13-14,20-22,24-25,27-28,32,35-36,38,40,46,50-51H,6-12,15-19,23,26,29-30H2,1-5H3/b14-13-/t32-,35+,36-,38-,40-,43-,44-,45-/m1/s1. The van der Waals surface area contributed by atoms with Crippen LogP contribution in [-0.2, 0) is 19.1 Å². The summed E-state index contributed by atoms with van der Waals surface area (Å²) in [5.74, 6) is -4.59. The lowest BCUT2D eigenvalue weighted by atomic mass is 9.59. The molecule has 53 heavy (non-hydrogen) atoms. The van der Waals surface area contributed by atoms with E-state index in [-0.39, 0.29) is 18.8 Å². The second kappa shape index (κ2) is 17.2. The molecule has 4 aliphatic rings. The number of rotatable bonds is 19. The van der Waals surface area contributed by atoms with Gasteiger partial charge < -0.3 is 24.8 Å². The first-order chi connectivity index (χ1) is 25.3. The molecule has 0 bridgehead atoms. The first kappa shape index (κ1) is 41.1. The van der Waals surface area contributed by atoms with Gasteiger partial charge in [0.15, 0.2) is 11.4 Å². The number of carbonyl (C=O) groups excluding carboxylic acids is 3. The van der Waals surface area contributed by atoms with Gasteiger partial charge in [-0.15, -0.1) is 0 Å². The van der Waals surface area contributed by atoms with Crippen LogP contribution < -0.4 is 0 Å². The number of unbranched alkanes of at least 4 members (excludes halogenated alkanes) is 11. The Morgan fingerprint density at radius 1 is 0.887 bits per heavy atom. The molecule has 0 spiro atoms. The number of allylic oxidation sites excluding steroid dienone is 2. The number of ether oxygens (including phenoxy) is 2. The predicted octanol–water partition coefficient (Wildman–Crippen LogP) is 8.38. The Labute approximate surface area is 317 Å². The molecular formula is C45H64O8. The Kier molecular flexibility index (Phi) is 13.3. The van der Waals surface area contributed by atoms with E-state index in [1.54, 1.807) is 56.3 Å². The van der Waals surface area contributed by atoms with Crippen molar-refractivity contribution in [3.05, 3.63) is 71.3 Å². The lowest BCUT2D eigenvalue weighted by molar-refractivity contribution is -0.219. The molecule has 292 valence electrons. The highest BCUT2D eigenvalue weighted by Crippen LogP contribution is 2.77. The summed E-state index contributed by atoms with van der Waals surface area (Å²) in [5, 5.41) is 35.4. The summed E-state index contributed by atoms with van der Waals surface area (Å²) in [4.78, 5) is 40.9. The molecule has 1 aromatic carbocycles. The summed E-state index contributed by atoms with van der Waals surface area (Å²) in [6.07, 6.45) is 22.1. The zero-order valence-electron chi connectivity index (χ0n) is 32.8. The summed E-state index contributed by atoms with van der Waals surface area (Å²) in [6, 6.07) is 8.58. The van der Waals surface area contributed by atoms with E-state index in [4.69, 9.17) is 9.47 Å². The van der Waals surface area contributed by atoms with Crippen molar-refractivity contribution in [3.63, 3.8) is 0 Å². The summed E-state index contributed by atoms with van der Waals surface area (Å²) in [6.45, 7) is 9.14. The minimum absolute atomic E-state index is 0.129. The number of hydrogen-bond donors (Lipinski definition) is 3. The second-order valence-corrected chi connectivity index (χ2v) is 16.9. The first-order valence-corrected chi connectivity index (χ1v) is 20.4. The van der Waals surface area contributed by atoms with Crippen molar-refractivity contribution in [3.8, 4) is 0 Å². The topological polar surface area (TPSA) is 130 Å². The van der Waals surface area contributed by atoms with Gasteiger partial charge in [0, 0.05) is 41.9 Å². The number of ketones is 1. The lowest BCUT2D eigenvalue weighted by Crippen LogP contribution is -2.66. The average molecular weight is 733 g/mol. The van der Waals surface area contributed by atoms with Crippen molar-refractivity contribution in [2.24, 2.45) is 29.1 Å². The van der Waals surface area contributed by atoms with Crippen molar-refractivity contribution in [1.82, 2.24) is 0 Å². The van der Waals surface area contributed by atoms with Crippen LogP contribution in [0.15, 0.2) is 65.8 Å². The normalized spacial score (nSPS) is 32.6. The molecule has 0 heterocycles. The van der Waals surface area contributed by atoms with E-state index in [1.165, 1.54) is 38.5 Å². The fraction of sp³-hybridized carbons (Fsp3) is 0.667. The van der Waals surface area contributed by atoms with Gasteiger partial charge in [-0.1, -0.05) is 122 Å². The van der Waals surface area contributed by atoms with Crippen LogP contribution in [0.2, 0.25) is 0 Å². The van der Waals surface area contributed by atoms with Gasteiger partial charge in [0.1, 0.15) is 11.7 Å². The molecule has 8 heteroatoms. The lowest BCUT2D eigenvalue weighted by Gasteiger charge is -2.53. The van der Waals surface area contributed by atoms with Crippen molar-refractivity contribution < 1.29 is 39.2 Å². The zero-order valence-corrected chi connectivity index (χ0v) is 32.8. The predicted molar refractivity (Wildman–Crippen MR) is 206 cm³/mol. The van der Waals surface area contributed by atoms with Crippen LogP contribution in [0, 0.1) is 29.1 Å². The molecule has 2 saturated carbocycles. The zero-order chi connectivity index (χ0) is 38.4. The van der Waals surface area contributed by atoms with Gasteiger partial charge >= 0.3 is 11.9 Å². The van der Waals surface area contributed by atoms with Crippen LogP contribution in [-0.4, -0.2) is 62.6 Å². The third kappa shape index (κ3) is 7.88. The Bertz CT molecular complexity index is 1540. The van der Waals surface area contributed by atoms with Gasteiger partial charge in [-0.25, -0.2) is 4.79 Å². The maximum atomic E-state index is 13.7. The largest absolute Gasteiger partial charge is 0.454 e. The number of Topliss-reactive ketones (excluding diaryl/α,β-unsaturated/α-hetero) is 1. The number of aliphatic hydroxyl groups is 3. The van der Waals surface area contributed by atoms with Crippen LogP contribution in [0.3, 0.4) is 0 Å². The number of esters is 2. The number of hydrogen-bond acceptors (Lipinski definition) is 8. The Morgan fingerprint density at radius 3 is 2.11 bits per heavy atom. The molecular weight excluding hydrogens is 668 g/mol. The minimum Gasteiger partial charge on any atom is -0.454 e. The molecule has 0 aromatic heterocycles. The highest BCUT2D eigenvalue weighted by molar-refractivity contribution is 6.05. The highest BCUT2D eigenvalue weighted by Gasteiger charge is 2.88. The maximum absolute atomic E-state index is 13.7. The highest BCUT2D eigenvalue weighted by atomic mass is 16.6. The molecule has 3 N–H and O–H groups in total. The fourth-order valence-corrected chi connectivity index (χ4v) is 10.2. The monoisotopic (exact) mass is 732 g/mol. The van der Waals surface area contributed by atoms with Gasteiger partial charge in [-0.2, -0.15) is 0 Å². The van der Waals surface area contributed by atoms with Crippen LogP contribution in [0.25, 0.3) is 0 Å². The van der Waals surface area contributed by atoms with Crippen LogP contribution >= 0.6 is 0 Å². The molecule has 2 fully saturated rings. The van der Waals surface area contributed by atoms with Crippen molar-refractivity contribution in [1.29, 1.82) is 0 Å². The van der Waals surface area contributed by atoms with Gasteiger partial charge in [0.25, 0.3) is 0 Å². The number of benzene rings is 1. The molecule has 8 nitrogen and oxygen atoms in total. The molecule has 0 radical (unpaired) electrons. The van der Waals surface area contributed by atoms with Crippen LogP contribution in [0.1, 0.15) is 141 Å². The molecule has 1 aromatic rings. The van der Waals surface area contributed by atoms with E-state index in [9.17, 15) is 29.7 Å². The molecule has 5 rings (SSSR count). The van der Waals surface area contributed by atoms with E-state index >= 15 is 0 Å². The van der Waals surface area contributed by atoms with E-state index in [1.807, 2.05) is 13.8 Å². The molecule has 0 unspecified atom stereocenters. The van der Waals surface area contributed by atoms with Gasteiger partial charge in [0.05, 0.1) is 17.8 Å². The summed E-state index contributed by atoms with van der Waals surface area (Å²) >= 11 is 0. The third-order valence-electron chi connectivity index (χ3n) is 13.1. The maximum Gasteiger partial charge on any atom is 0.338 e. The Balaban J connectivity index is 1.27. The summed E-state index contributed by atoms with van der Waals surface area (Å²) in [7, 11) is 0. The Morgan fingerprint density at radius 2 is 1.49 bits per heavy atom. The third-order valence-corrected chi connectivity index (χ3v) is 13.1. The number of aliphatic hydroxyl groups excluding tert-OH is 1. The summed E-state index contributed by atoms with van der Waals surface area (Å²) < 4.78 is 12.8. The Hall–Kier alpha value is -3.07. The second-order valence-electron chi connectivity index (χ2n) is 16.9. The fourth-order valence-electron chi connectivity index (χ4n) is 10.2.